The van der Waals surface area contributed by atoms with E-state index in [9.17, 15) is 9.59 Å². The van der Waals surface area contributed by atoms with Crippen LogP contribution in [0.1, 0.15) is 5.56 Å². The molecule has 0 saturated heterocycles. The van der Waals surface area contributed by atoms with Gasteiger partial charge >= 0.3 is 0 Å². The maximum Gasteiger partial charge on any atom is 0.296 e. The summed E-state index contributed by atoms with van der Waals surface area (Å²) in [7, 11) is 3.04. The number of aromatic amines is 1. The number of benzene rings is 1. The highest BCUT2D eigenvalue weighted by atomic mass is 16.5. The Labute approximate surface area is 103 Å². The van der Waals surface area contributed by atoms with Crippen LogP contribution in [0, 0.1) is 6.92 Å². The van der Waals surface area contributed by atoms with Gasteiger partial charge in [0.1, 0.15) is 0 Å². The summed E-state index contributed by atoms with van der Waals surface area (Å²) in [5.74, 6) is 1.05. The number of hydrogen-bond donors (Lipinski definition) is 1. The summed E-state index contributed by atoms with van der Waals surface area (Å²) in [5.41, 5.74) is 0.0218. The second-order valence-electron chi connectivity index (χ2n) is 3.90. The molecule has 0 aliphatic carbocycles. The molecule has 0 spiro atoms. The van der Waals surface area contributed by atoms with Crippen LogP contribution in [0.25, 0.3) is 10.9 Å². The zero-order valence-corrected chi connectivity index (χ0v) is 10.4. The van der Waals surface area contributed by atoms with E-state index < -0.39 is 11.0 Å². The van der Waals surface area contributed by atoms with Gasteiger partial charge in [0.05, 0.1) is 19.7 Å². The van der Waals surface area contributed by atoms with Crippen molar-refractivity contribution in [3.63, 3.8) is 0 Å². The van der Waals surface area contributed by atoms with Crippen LogP contribution in [0.3, 0.4) is 0 Å². The van der Waals surface area contributed by atoms with Gasteiger partial charge in [-0.3, -0.25) is 9.59 Å². The Hall–Kier alpha value is -2.30. The molecule has 0 fully saturated rings. The molecule has 0 radical (unpaired) electrons. The minimum atomic E-state index is -0.652. The third kappa shape index (κ3) is 1.95. The van der Waals surface area contributed by atoms with E-state index in [-0.39, 0.29) is 0 Å². The Morgan fingerprint density at radius 1 is 1.00 bits per heavy atom. The van der Waals surface area contributed by atoms with E-state index in [1.165, 1.54) is 20.3 Å². The van der Waals surface area contributed by atoms with E-state index in [0.717, 1.165) is 5.39 Å². The molecule has 0 aliphatic heterocycles. The summed E-state index contributed by atoms with van der Waals surface area (Å²) in [4.78, 5) is 25.5. The van der Waals surface area contributed by atoms with Gasteiger partial charge in [-0.25, -0.2) is 0 Å². The molecule has 1 heterocycles. The van der Waals surface area contributed by atoms with Crippen LogP contribution in [-0.2, 0) is 0 Å². The Morgan fingerprint density at radius 3 is 2.22 bits per heavy atom. The first-order chi connectivity index (χ1) is 8.56. The smallest absolute Gasteiger partial charge is 0.296 e. The molecule has 0 aliphatic rings. The third-order valence-corrected chi connectivity index (χ3v) is 2.77. The normalized spacial score (nSPS) is 10.4. The van der Waals surface area contributed by atoms with E-state index in [1.54, 1.807) is 19.1 Å². The summed E-state index contributed by atoms with van der Waals surface area (Å²) < 4.78 is 10.4. The lowest BCUT2D eigenvalue weighted by atomic mass is 10.1. The Morgan fingerprint density at radius 2 is 1.61 bits per heavy atom. The van der Waals surface area contributed by atoms with E-state index >= 15 is 0 Å². The highest BCUT2D eigenvalue weighted by Gasteiger charge is 2.08. The van der Waals surface area contributed by atoms with Crippen molar-refractivity contribution in [2.24, 2.45) is 0 Å². The molecule has 5 heteroatoms. The number of methoxy groups -OCH3 is 2. The number of hydrogen-bond acceptors (Lipinski definition) is 4. The molecule has 94 valence electrons. The minimum Gasteiger partial charge on any atom is -0.493 e. The summed E-state index contributed by atoms with van der Waals surface area (Å²) in [6.45, 7) is 1.77. The lowest BCUT2D eigenvalue weighted by Crippen LogP contribution is -2.22. The van der Waals surface area contributed by atoms with Gasteiger partial charge in [0, 0.05) is 11.5 Å². The zero-order chi connectivity index (χ0) is 13.3. The second kappa shape index (κ2) is 4.52. The lowest BCUT2D eigenvalue weighted by molar-refractivity contribution is 0.356. The van der Waals surface area contributed by atoms with Gasteiger partial charge in [-0.2, -0.15) is 0 Å². The number of ether oxygens (including phenoxy) is 2. The topological polar surface area (TPSA) is 68.4 Å². The van der Waals surface area contributed by atoms with Gasteiger partial charge in [0.15, 0.2) is 11.5 Å². The van der Waals surface area contributed by atoms with Gasteiger partial charge in [0.25, 0.3) is 5.56 Å². The van der Waals surface area contributed by atoms with E-state index in [0.29, 0.717) is 22.6 Å². The summed E-state index contributed by atoms with van der Waals surface area (Å²) in [5, 5.41) is 0.742. The molecular formula is C13H13NO4. The number of rotatable bonds is 2. The van der Waals surface area contributed by atoms with Crippen LogP contribution in [-0.4, -0.2) is 19.2 Å². The van der Waals surface area contributed by atoms with Crippen molar-refractivity contribution in [1.29, 1.82) is 0 Å². The molecule has 2 aromatic rings. The standard InChI is InChI=1S/C13H13NO4/c1-7-4-10(15)13(16)14-9-6-12(18-3)11(17-2)5-8(7)9/h4-6H,1-3H3,(H,14,15,16). The Bertz CT molecular complexity index is 718. The van der Waals surface area contributed by atoms with Crippen LogP contribution in [0.2, 0.25) is 0 Å². The fourth-order valence-electron chi connectivity index (χ4n) is 1.83. The summed E-state index contributed by atoms with van der Waals surface area (Å²) in [6.07, 6.45) is 0. The summed E-state index contributed by atoms with van der Waals surface area (Å²) in [6, 6.07) is 4.69. The van der Waals surface area contributed by atoms with Crippen molar-refractivity contribution in [2.45, 2.75) is 6.92 Å². The Balaban J connectivity index is 2.98. The molecule has 1 aromatic heterocycles. The molecular weight excluding hydrogens is 234 g/mol. The van der Waals surface area contributed by atoms with Gasteiger partial charge in [-0.05, 0) is 24.6 Å². The van der Waals surface area contributed by atoms with Gasteiger partial charge in [-0.1, -0.05) is 0 Å². The molecule has 1 aromatic carbocycles. The highest BCUT2D eigenvalue weighted by Crippen LogP contribution is 2.31. The van der Waals surface area contributed by atoms with Crippen molar-refractivity contribution in [2.75, 3.05) is 14.2 Å². The van der Waals surface area contributed by atoms with Crippen LogP contribution >= 0.6 is 0 Å². The Kier molecular flexibility index (Phi) is 3.06. The molecule has 1 N–H and O–H groups in total. The van der Waals surface area contributed by atoms with Crippen LogP contribution < -0.4 is 20.5 Å². The second-order valence-corrected chi connectivity index (χ2v) is 3.90. The maximum atomic E-state index is 11.5. The van der Waals surface area contributed by atoms with E-state index in [4.69, 9.17) is 9.47 Å². The van der Waals surface area contributed by atoms with Crippen molar-refractivity contribution < 1.29 is 9.47 Å². The zero-order valence-electron chi connectivity index (χ0n) is 10.4. The highest BCUT2D eigenvalue weighted by molar-refractivity contribution is 5.84. The van der Waals surface area contributed by atoms with Gasteiger partial charge < -0.3 is 14.5 Å². The quantitative estimate of drug-likeness (QED) is 0.810. The van der Waals surface area contributed by atoms with Crippen LogP contribution in [0.15, 0.2) is 27.8 Å². The molecule has 0 unspecified atom stereocenters. The minimum absolute atomic E-state index is 0.499. The fourth-order valence-corrected chi connectivity index (χ4v) is 1.83. The number of aromatic nitrogens is 1. The summed E-state index contributed by atoms with van der Waals surface area (Å²) >= 11 is 0. The first-order valence-corrected chi connectivity index (χ1v) is 5.37. The molecule has 18 heavy (non-hydrogen) atoms. The SMILES string of the molecule is COc1cc2[nH]c(=O)c(=O)cc(C)c2cc1OC. The molecule has 0 bridgehead atoms. The van der Waals surface area contributed by atoms with Crippen molar-refractivity contribution in [3.8, 4) is 11.5 Å². The fraction of sp³-hybridized carbons (Fsp3) is 0.231. The largest absolute Gasteiger partial charge is 0.493 e. The van der Waals surface area contributed by atoms with Crippen molar-refractivity contribution >= 4 is 10.9 Å². The maximum absolute atomic E-state index is 11.5. The van der Waals surface area contributed by atoms with E-state index in [1.807, 2.05) is 0 Å². The van der Waals surface area contributed by atoms with Gasteiger partial charge in [0.2, 0.25) is 5.43 Å². The first kappa shape index (κ1) is 12.2. The number of H-pyrrole nitrogens is 1. The van der Waals surface area contributed by atoms with E-state index in [2.05, 4.69) is 4.98 Å². The lowest BCUT2D eigenvalue weighted by Gasteiger charge is -2.08. The molecule has 0 saturated carbocycles. The average Bonchev–Trinajstić information content (AvgIpc) is 2.46. The van der Waals surface area contributed by atoms with Gasteiger partial charge in [-0.15, -0.1) is 0 Å². The average molecular weight is 247 g/mol. The third-order valence-electron chi connectivity index (χ3n) is 2.77. The molecule has 5 nitrogen and oxygen atoms in total. The molecule has 0 atom stereocenters. The monoisotopic (exact) mass is 247 g/mol. The van der Waals surface area contributed by atoms with Crippen molar-refractivity contribution in [1.82, 2.24) is 4.98 Å². The predicted molar refractivity (Wildman–Crippen MR) is 68.7 cm³/mol. The van der Waals surface area contributed by atoms with Crippen LogP contribution in [0.4, 0.5) is 0 Å². The number of aryl methyl sites for hydroxylation is 1. The molecule has 0 amide bonds. The first-order valence-electron chi connectivity index (χ1n) is 5.37. The number of nitrogens with one attached hydrogen (secondary N) is 1. The predicted octanol–water partition coefficient (Wildman–Crippen LogP) is 1.21. The van der Waals surface area contributed by atoms with Crippen molar-refractivity contribution in [3.05, 3.63) is 44.3 Å². The number of fused-ring (bicyclic) bond motifs is 1. The van der Waals surface area contributed by atoms with Crippen LogP contribution in [0.5, 0.6) is 11.5 Å². The molecule has 2 rings (SSSR count).